The van der Waals surface area contributed by atoms with Crippen LogP contribution in [-0.4, -0.2) is 11.1 Å². The predicted molar refractivity (Wildman–Crippen MR) is 64.2 cm³/mol. The third-order valence-corrected chi connectivity index (χ3v) is 2.35. The van der Waals surface area contributed by atoms with Crippen LogP contribution < -0.4 is 56.1 Å². The zero-order chi connectivity index (χ0) is 12.1. The van der Waals surface area contributed by atoms with Crippen molar-refractivity contribution in [2.45, 2.75) is 6.61 Å². The Hall–Kier alpha value is -0.654. The molecule has 86 valence electrons. The van der Waals surface area contributed by atoms with Gasteiger partial charge in [-0.3, -0.25) is 0 Å². The molecular weight excluding hydrogens is 255 g/mol. The van der Waals surface area contributed by atoms with Crippen molar-refractivity contribution in [2.75, 3.05) is 0 Å². The van der Waals surface area contributed by atoms with Gasteiger partial charge in [0.15, 0.2) is 0 Å². The van der Waals surface area contributed by atoms with Gasteiger partial charge in [-0.1, -0.05) is 30.3 Å². The smallest absolute Gasteiger partial charge is 0.489 e. The molecule has 0 bridgehead atoms. The third kappa shape index (κ3) is 4.55. The summed E-state index contributed by atoms with van der Waals surface area (Å²) in [5, 5.41) is 8.74. The molecule has 2 rings (SSSR count). The van der Waals surface area contributed by atoms with Crippen LogP contribution in [0.5, 0.6) is 5.75 Å². The van der Waals surface area contributed by atoms with E-state index in [9.17, 15) is 4.79 Å². The van der Waals surface area contributed by atoms with Crippen molar-refractivity contribution in [3.05, 3.63) is 65.7 Å². The second-order valence-corrected chi connectivity index (χ2v) is 3.60. The normalized spacial score (nSPS) is 9.33. The van der Waals surface area contributed by atoms with Crippen molar-refractivity contribution in [3.63, 3.8) is 0 Å². The third-order valence-electron chi connectivity index (χ3n) is 2.35. The number of aromatic carboxylic acids is 1. The number of hydrogen-bond acceptors (Lipinski definition) is 2. The molecule has 0 spiro atoms. The molecule has 0 saturated heterocycles. The summed E-state index contributed by atoms with van der Waals surface area (Å²) in [6.07, 6.45) is 0. The van der Waals surface area contributed by atoms with E-state index in [0.717, 1.165) is 5.56 Å². The zero-order valence-electron chi connectivity index (χ0n) is 10.2. The fourth-order valence-corrected chi connectivity index (χ4v) is 1.43. The van der Waals surface area contributed by atoms with Gasteiger partial charge in [0.2, 0.25) is 0 Å². The Labute approximate surface area is 148 Å². The van der Waals surface area contributed by atoms with E-state index >= 15 is 0 Å². The van der Waals surface area contributed by atoms with E-state index in [1.54, 1.807) is 12.1 Å². The summed E-state index contributed by atoms with van der Waals surface area (Å²) in [6, 6.07) is 16.2. The SMILES string of the molecule is O=C(O)c1ccc(OCc2ccccc2)cc1.[K+]. The Bertz CT molecular complexity index is 494. The standard InChI is InChI=1S/C14H12O3.K/c15-14(16)12-6-8-13(9-7-12)17-10-11-4-2-1-3-5-11;/h1-9H,10H2,(H,15,16);/q;+1. The fourth-order valence-electron chi connectivity index (χ4n) is 1.43. The van der Waals surface area contributed by atoms with Crippen LogP contribution >= 0.6 is 0 Å². The molecule has 0 aliphatic carbocycles. The summed E-state index contributed by atoms with van der Waals surface area (Å²) < 4.78 is 5.53. The molecule has 0 fully saturated rings. The first-order valence-corrected chi connectivity index (χ1v) is 5.26. The van der Waals surface area contributed by atoms with Crippen molar-refractivity contribution >= 4 is 5.97 Å². The first kappa shape index (κ1) is 15.4. The molecule has 1 N–H and O–H groups in total. The topological polar surface area (TPSA) is 46.5 Å². The molecule has 0 unspecified atom stereocenters. The average molecular weight is 267 g/mol. The van der Waals surface area contributed by atoms with Crippen LogP contribution in [0.25, 0.3) is 0 Å². The second-order valence-electron chi connectivity index (χ2n) is 3.60. The molecule has 3 nitrogen and oxygen atoms in total. The van der Waals surface area contributed by atoms with Gasteiger partial charge in [0.1, 0.15) is 12.4 Å². The molecular formula is C14H12KO3+. The summed E-state index contributed by atoms with van der Waals surface area (Å²) in [4.78, 5) is 10.7. The van der Waals surface area contributed by atoms with Crippen molar-refractivity contribution in [1.82, 2.24) is 0 Å². The van der Waals surface area contributed by atoms with Crippen LogP contribution in [0.2, 0.25) is 0 Å². The van der Waals surface area contributed by atoms with Crippen LogP contribution in [0.4, 0.5) is 0 Å². The zero-order valence-corrected chi connectivity index (χ0v) is 13.3. The molecule has 0 aliphatic heterocycles. The summed E-state index contributed by atoms with van der Waals surface area (Å²) in [5.74, 6) is -0.265. The first-order valence-electron chi connectivity index (χ1n) is 5.26. The maximum Gasteiger partial charge on any atom is 1.00 e. The van der Waals surface area contributed by atoms with Gasteiger partial charge in [-0.05, 0) is 29.8 Å². The van der Waals surface area contributed by atoms with Crippen molar-refractivity contribution in [3.8, 4) is 5.75 Å². The largest absolute Gasteiger partial charge is 1.00 e. The summed E-state index contributed by atoms with van der Waals surface area (Å²) in [6.45, 7) is 0.479. The average Bonchev–Trinajstić information content (AvgIpc) is 2.38. The van der Waals surface area contributed by atoms with Crippen molar-refractivity contribution < 1.29 is 66.0 Å². The van der Waals surface area contributed by atoms with E-state index in [2.05, 4.69) is 0 Å². The molecule has 4 heteroatoms. The van der Waals surface area contributed by atoms with Crippen molar-refractivity contribution in [1.29, 1.82) is 0 Å². The van der Waals surface area contributed by atoms with Crippen molar-refractivity contribution in [2.24, 2.45) is 0 Å². The van der Waals surface area contributed by atoms with E-state index in [4.69, 9.17) is 9.84 Å². The Morgan fingerprint density at radius 1 is 1.00 bits per heavy atom. The van der Waals surface area contributed by atoms with Gasteiger partial charge in [-0.2, -0.15) is 0 Å². The number of carboxylic acid groups (broad SMARTS) is 1. The van der Waals surface area contributed by atoms with Gasteiger partial charge in [0.05, 0.1) is 5.56 Å². The van der Waals surface area contributed by atoms with Crippen LogP contribution in [0.1, 0.15) is 15.9 Å². The van der Waals surface area contributed by atoms with Crippen LogP contribution in [0, 0.1) is 0 Å². The van der Waals surface area contributed by atoms with Gasteiger partial charge in [0, 0.05) is 0 Å². The molecule has 0 aromatic heterocycles. The van der Waals surface area contributed by atoms with Gasteiger partial charge in [-0.25, -0.2) is 4.79 Å². The Morgan fingerprint density at radius 2 is 1.61 bits per heavy atom. The van der Waals surface area contributed by atoms with E-state index < -0.39 is 5.97 Å². The Kier molecular flexibility index (Phi) is 6.60. The summed E-state index contributed by atoms with van der Waals surface area (Å²) in [5.41, 5.74) is 1.34. The predicted octanol–water partition coefficient (Wildman–Crippen LogP) is -0.0322. The van der Waals surface area contributed by atoms with Crippen LogP contribution in [0.3, 0.4) is 0 Å². The van der Waals surface area contributed by atoms with E-state index in [1.165, 1.54) is 12.1 Å². The number of carbonyl (C=O) groups is 1. The minimum Gasteiger partial charge on any atom is -0.489 e. The monoisotopic (exact) mass is 267 g/mol. The van der Waals surface area contributed by atoms with E-state index in [1.807, 2.05) is 30.3 Å². The maximum absolute atomic E-state index is 10.7. The van der Waals surface area contributed by atoms with Gasteiger partial charge < -0.3 is 9.84 Å². The maximum atomic E-state index is 10.7. The number of rotatable bonds is 4. The Balaban J connectivity index is 0.00000162. The number of ether oxygens (including phenoxy) is 1. The van der Waals surface area contributed by atoms with E-state index in [-0.39, 0.29) is 56.9 Å². The second kappa shape index (κ2) is 7.71. The van der Waals surface area contributed by atoms with Gasteiger partial charge in [0.25, 0.3) is 0 Å². The number of benzene rings is 2. The molecule has 0 aliphatic rings. The number of hydrogen-bond donors (Lipinski definition) is 1. The quantitative estimate of drug-likeness (QED) is 0.791. The number of carboxylic acids is 1. The molecule has 0 heterocycles. The minimum absolute atomic E-state index is 0. The molecule has 0 atom stereocenters. The minimum atomic E-state index is -0.931. The Morgan fingerprint density at radius 3 is 2.17 bits per heavy atom. The summed E-state index contributed by atoms with van der Waals surface area (Å²) in [7, 11) is 0. The fraction of sp³-hybridized carbons (Fsp3) is 0.0714. The molecule has 0 radical (unpaired) electrons. The molecule has 2 aromatic carbocycles. The summed E-state index contributed by atoms with van der Waals surface area (Å²) >= 11 is 0. The van der Waals surface area contributed by atoms with Crippen LogP contribution in [-0.2, 0) is 6.61 Å². The molecule has 18 heavy (non-hydrogen) atoms. The first-order chi connectivity index (χ1) is 8.25. The van der Waals surface area contributed by atoms with Crippen LogP contribution in [0.15, 0.2) is 54.6 Å². The van der Waals surface area contributed by atoms with Gasteiger partial charge >= 0.3 is 57.4 Å². The van der Waals surface area contributed by atoms with Gasteiger partial charge in [-0.15, -0.1) is 0 Å². The molecule has 0 saturated carbocycles. The van der Waals surface area contributed by atoms with E-state index in [0.29, 0.717) is 12.4 Å². The molecule has 0 amide bonds. The molecule has 2 aromatic rings.